The molecule has 1 N–H and O–H groups in total. The van der Waals surface area contributed by atoms with Gasteiger partial charge in [-0.05, 0) is 62.2 Å². The Hall–Kier alpha value is -1.61. The van der Waals surface area contributed by atoms with Crippen molar-refractivity contribution < 1.29 is 17.9 Å². The first kappa shape index (κ1) is 22.1. The molecule has 1 amide bonds. The summed E-state index contributed by atoms with van der Waals surface area (Å²) in [6, 6.07) is 11.7. The van der Waals surface area contributed by atoms with Crippen LogP contribution < -0.4 is 10.1 Å². The Morgan fingerprint density at radius 3 is 2.66 bits per heavy atom. The summed E-state index contributed by atoms with van der Waals surface area (Å²) in [6.07, 6.45) is 1.25. The van der Waals surface area contributed by atoms with E-state index >= 15 is 0 Å². The third-order valence-corrected chi connectivity index (χ3v) is 7.39. The Bertz CT molecular complexity index is 982. The molecule has 1 fully saturated rings. The van der Waals surface area contributed by atoms with Crippen molar-refractivity contribution in [2.45, 2.75) is 24.7 Å². The van der Waals surface area contributed by atoms with E-state index in [1.165, 1.54) is 16.4 Å². The monoisotopic (exact) mass is 500 g/mol. The predicted octanol–water partition coefficient (Wildman–Crippen LogP) is 4.54. The highest BCUT2D eigenvalue weighted by atomic mass is 79.9. The van der Waals surface area contributed by atoms with E-state index in [2.05, 4.69) is 21.2 Å². The Kier molecular flexibility index (Phi) is 7.21. The minimum atomic E-state index is -3.75. The van der Waals surface area contributed by atoms with Gasteiger partial charge in [-0.15, -0.1) is 0 Å². The smallest absolute Gasteiger partial charge is 0.243 e. The van der Waals surface area contributed by atoms with Crippen LogP contribution in [-0.2, 0) is 14.8 Å². The molecule has 0 saturated carbocycles. The number of amides is 1. The van der Waals surface area contributed by atoms with Crippen LogP contribution >= 0.6 is 27.5 Å². The van der Waals surface area contributed by atoms with E-state index in [1.807, 2.05) is 19.1 Å². The lowest BCUT2D eigenvalue weighted by Crippen LogP contribution is -2.43. The van der Waals surface area contributed by atoms with E-state index in [-0.39, 0.29) is 22.4 Å². The van der Waals surface area contributed by atoms with Gasteiger partial charge in [0.2, 0.25) is 15.9 Å². The van der Waals surface area contributed by atoms with Crippen LogP contribution in [0.3, 0.4) is 0 Å². The first-order valence-electron chi connectivity index (χ1n) is 9.30. The van der Waals surface area contributed by atoms with Gasteiger partial charge >= 0.3 is 0 Å². The van der Waals surface area contributed by atoms with E-state index in [0.717, 1.165) is 4.47 Å². The third kappa shape index (κ3) is 5.31. The first-order chi connectivity index (χ1) is 13.8. The average molecular weight is 502 g/mol. The highest BCUT2D eigenvalue weighted by Crippen LogP contribution is 2.30. The number of rotatable bonds is 6. The Labute approximate surface area is 184 Å². The van der Waals surface area contributed by atoms with Gasteiger partial charge in [-0.1, -0.05) is 27.5 Å². The van der Waals surface area contributed by atoms with Crippen molar-refractivity contribution in [3.63, 3.8) is 0 Å². The number of nitrogens with one attached hydrogen (secondary N) is 1. The zero-order valence-electron chi connectivity index (χ0n) is 15.9. The average Bonchev–Trinajstić information content (AvgIpc) is 2.71. The lowest BCUT2D eigenvalue weighted by Gasteiger charge is -2.31. The van der Waals surface area contributed by atoms with Crippen LogP contribution in [-0.4, -0.2) is 38.3 Å². The summed E-state index contributed by atoms with van der Waals surface area (Å²) in [4.78, 5) is 12.7. The van der Waals surface area contributed by atoms with Crippen LogP contribution in [0.25, 0.3) is 0 Å². The van der Waals surface area contributed by atoms with Crippen molar-refractivity contribution in [1.82, 2.24) is 4.31 Å². The fourth-order valence-electron chi connectivity index (χ4n) is 3.22. The molecule has 0 spiro atoms. The highest BCUT2D eigenvalue weighted by Gasteiger charge is 2.33. The molecule has 2 aromatic carbocycles. The molecular weight excluding hydrogens is 480 g/mol. The van der Waals surface area contributed by atoms with Crippen LogP contribution in [0, 0.1) is 5.92 Å². The number of sulfonamides is 1. The third-order valence-electron chi connectivity index (χ3n) is 4.71. The summed E-state index contributed by atoms with van der Waals surface area (Å²) in [5, 5.41) is 3.11. The quantitative estimate of drug-likeness (QED) is 0.630. The number of carbonyl (C=O) groups is 1. The van der Waals surface area contributed by atoms with Gasteiger partial charge in [0.05, 0.1) is 22.4 Å². The van der Waals surface area contributed by atoms with E-state index in [1.54, 1.807) is 18.2 Å². The second-order valence-electron chi connectivity index (χ2n) is 6.72. The van der Waals surface area contributed by atoms with Crippen molar-refractivity contribution in [3.05, 3.63) is 52.0 Å². The van der Waals surface area contributed by atoms with Crippen LogP contribution in [0.1, 0.15) is 19.8 Å². The standard InChI is InChI=1S/C20H22BrClN2O4S/c1-2-28-19-10-9-17(12-18(19)22)29(26,27)24-11-3-4-14(13-24)20(25)23-16-7-5-15(21)6-8-16/h5-10,12,14H,2-4,11,13H2,1H3,(H,23,25)/t14-/m1/s1. The van der Waals surface area contributed by atoms with Crippen molar-refractivity contribution in [2.24, 2.45) is 5.92 Å². The molecule has 0 radical (unpaired) electrons. The number of nitrogens with zero attached hydrogens (tertiary/aromatic N) is 1. The number of hydrogen-bond donors (Lipinski definition) is 1. The SMILES string of the molecule is CCOc1ccc(S(=O)(=O)N2CCC[C@@H](C(=O)Nc3ccc(Br)cc3)C2)cc1Cl. The number of carbonyl (C=O) groups excluding carboxylic acids is 1. The molecule has 1 saturated heterocycles. The van der Waals surface area contributed by atoms with E-state index in [0.29, 0.717) is 37.4 Å². The molecule has 0 aliphatic carbocycles. The van der Waals surface area contributed by atoms with Gasteiger partial charge in [0, 0.05) is 23.2 Å². The Morgan fingerprint density at radius 2 is 2.00 bits per heavy atom. The largest absolute Gasteiger partial charge is 0.492 e. The fraction of sp³-hybridized carbons (Fsp3) is 0.350. The molecule has 9 heteroatoms. The summed E-state index contributed by atoms with van der Waals surface area (Å²) in [5.74, 6) is -0.157. The molecule has 1 atom stereocenters. The number of hydrogen-bond acceptors (Lipinski definition) is 4. The number of benzene rings is 2. The Morgan fingerprint density at radius 1 is 1.28 bits per heavy atom. The Balaban J connectivity index is 1.72. The lowest BCUT2D eigenvalue weighted by atomic mass is 9.99. The predicted molar refractivity (Wildman–Crippen MR) is 117 cm³/mol. The molecule has 2 aromatic rings. The maximum Gasteiger partial charge on any atom is 0.243 e. The van der Waals surface area contributed by atoms with Gasteiger partial charge < -0.3 is 10.1 Å². The zero-order chi connectivity index (χ0) is 21.0. The van der Waals surface area contributed by atoms with Crippen molar-refractivity contribution in [2.75, 3.05) is 25.0 Å². The van der Waals surface area contributed by atoms with Gasteiger partial charge in [-0.3, -0.25) is 4.79 Å². The molecule has 29 heavy (non-hydrogen) atoms. The maximum atomic E-state index is 13.1. The van der Waals surface area contributed by atoms with Gasteiger partial charge in [-0.2, -0.15) is 4.31 Å². The van der Waals surface area contributed by atoms with Crippen molar-refractivity contribution in [3.8, 4) is 5.75 Å². The molecule has 1 aliphatic heterocycles. The first-order valence-corrected chi connectivity index (χ1v) is 11.9. The lowest BCUT2D eigenvalue weighted by molar-refractivity contribution is -0.120. The van der Waals surface area contributed by atoms with Gasteiger partial charge in [-0.25, -0.2) is 8.42 Å². The number of halogens is 2. The minimum absolute atomic E-state index is 0.0971. The molecule has 0 bridgehead atoms. The summed E-state index contributed by atoms with van der Waals surface area (Å²) in [7, 11) is -3.75. The molecule has 1 heterocycles. The summed E-state index contributed by atoms with van der Waals surface area (Å²) in [5.41, 5.74) is 0.677. The van der Waals surface area contributed by atoms with Gasteiger partial charge in [0.15, 0.2) is 0 Å². The number of piperidine rings is 1. The van der Waals surface area contributed by atoms with Crippen LogP contribution in [0.5, 0.6) is 5.75 Å². The second kappa shape index (κ2) is 9.47. The molecule has 0 aromatic heterocycles. The van der Waals surface area contributed by atoms with Gasteiger partial charge in [0.25, 0.3) is 0 Å². The van der Waals surface area contributed by atoms with E-state index < -0.39 is 15.9 Å². The van der Waals surface area contributed by atoms with Crippen LogP contribution in [0.2, 0.25) is 5.02 Å². The molecular formula is C20H22BrClN2O4S. The summed E-state index contributed by atoms with van der Waals surface area (Å²) in [6.45, 7) is 2.77. The number of ether oxygens (including phenoxy) is 1. The zero-order valence-corrected chi connectivity index (χ0v) is 19.1. The van der Waals surface area contributed by atoms with Crippen molar-refractivity contribution in [1.29, 1.82) is 0 Å². The van der Waals surface area contributed by atoms with Gasteiger partial charge in [0.1, 0.15) is 5.75 Å². The topological polar surface area (TPSA) is 75.7 Å². The highest BCUT2D eigenvalue weighted by molar-refractivity contribution is 9.10. The maximum absolute atomic E-state index is 13.1. The minimum Gasteiger partial charge on any atom is -0.492 e. The summed E-state index contributed by atoms with van der Waals surface area (Å²) >= 11 is 9.51. The second-order valence-corrected chi connectivity index (χ2v) is 9.98. The van der Waals surface area contributed by atoms with Crippen LogP contribution in [0.4, 0.5) is 5.69 Å². The van der Waals surface area contributed by atoms with Crippen molar-refractivity contribution >= 4 is 49.1 Å². The molecule has 156 valence electrons. The van der Waals surface area contributed by atoms with E-state index in [9.17, 15) is 13.2 Å². The fourth-order valence-corrected chi connectivity index (χ4v) is 5.33. The number of anilines is 1. The summed E-state index contributed by atoms with van der Waals surface area (Å²) < 4.78 is 33.8. The molecule has 3 rings (SSSR count). The van der Waals surface area contributed by atoms with E-state index in [4.69, 9.17) is 16.3 Å². The molecule has 1 aliphatic rings. The molecule has 0 unspecified atom stereocenters. The normalized spacial score (nSPS) is 17.7. The molecule has 6 nitrogen and oxygen atoms in total. The van der Waals surface area contributed by atoms with Crippen LogP contribution in [0.15, 0.2) is 51.8 Å².